The van der Waals surface area contributed by atoms with Gasteiger partial charge >= 0.3 is 0 Å². The van der Waals surface area contributed by atoms with Gasteiger partial charge in [-0.05, 0) is 37.6 Å². The van der Waals surface area contributed by atoms with Gasteiger partial charge in [0.25, 0.3) is 0 Å². The van der Waals surface area contributed by atoms with Gasteiger partial charge in [-0.3, -0.25) is 0 Å². The fraction of sp³-hybridized carbons (Fsp3) is 0.900. The number of hydrogen-bond donors (Lipinski definition) is 1. The van der Waals surface area contributed by atoms with Crippen LogP contribution in [0.25, 0.3) is 0 Å². The smallest absolute Gasteiger partial charge is 0.136 e. The third-order valence-electron chi connectivity index (χ3n) is 2.52. The van der Waals surface area contributed by atoms with Crippen LogP contribution < -0.4 is 5.32 Å². The number of aldehydes is 1. The molecule has 1 saturated heterocycles. The molecule has 0 radical (unpaired) electrons. The van der Waals surface area contributed by atoms with E-state index in [-0.39, 0.29) is 6.04 Å². The van der Waals surface area contributed by atoms with E-state index in [0.29, 0.717) is 0 Å². The van der Waals surface area contributed by atoms with E-state index >= 15 is 0 Å². The molecule has 2 unspecified atom stereocenters. The molecule has 1 aliphatic heterocycles. The molecular weight excluding hydrogens is 150 g/mol. The highest BCUT2D eigenvalue weighted by molar-refractivity contribution is 5.57. The third-order valence-corrected chi connectivity index (χ3v) is 2.52. The lowest BCUT2D eigenvalue weighted by molar-refractivity contribution is -0.110. The van der Waals surface area contributed by atoms with Crippen LogP contribution in [0.1, 0.15) is 33.1 Å². The van der Waals surface area contributed by atoms with Gasteiger partial charge in [0, 0.05) is 0 Å². The summed E-state index contributed by atoms with van der Waals surface area (Å²) in [5.41, 5.74) is 0. The summed E-state index contributed by atoms with van der Waals surface area (Å²) in [5, 5.41) is 3.26. The van der Waals surface area contributed by atoms with Gasteiger partial charge in [0.05, 0.1) is 6.04 Å². The lowest BCUT2D eigenvalue weighted by Crippen LogP contribution is -2.40. The molecule has 0 saturated carbocycles. The molecule has 12 heavy (non-hydrogen) atoms. The lowest BCUT2D eigenvalue weighted by atomic mass is 9.88. The van der Waals surface area contributed by atoms with Gasteiger partial charge in [-0.15, -0.1) is 0 Å². The summed E-state index contributed by atoms with van der Waals surface area (Å²) in [4.78, 5) is 10.4. The Morgan fingerprint density at radius 1 is 1.50 bits per heavy atom. The molecule has 1 N–H and O–H groups in total. The summed E-state index contributed by atoms with van der Waals surface area (Å²) < 4.78 is 0. The molecule has 0 aromatic carbocycles. The SMILES string of the molecule is CC(C)CC1CCC(C=O)NC1. The summed E-state index contributed by atoms with van der Waals surface area (Å²) in [7, 11) is 0. The minimum absolute atomic E-state index is 0.133. The number of hydrogen-bond acceptors (Lipinski definition) is 2. The van der Waals surface area contributed by atoms with Gasteiger partial charge < -0.3 is 10.1 Å². The van der Waals surface area contributed by atoms with Gasteiger partial charge in [-0.1, -0.05) is 13.8 Å². The van der Waals surface area contributed by atoms with E-state index in [0.717, 1.165) is 31.1 Å². The van der Waals surface area contributed by atoms with Crippen LogP contribution in [0.15, 0.2) is 0 Å². The topological polar surface area (TPSA) is 29.1 Å². The van der Waals surface area contributed by atoms with Gasteiger partial charge in [0.1, 0.15) is 6.29 Å². The maximum Gasteiger partial charge on any atom is 0.136 e. The Kier molecular flexibility index (Phi) is 3.73. The van der Waals surface area contributed by atoms with E-state index in [1.807, 2.05) is 0 Å². The summed E-state index contributed by atoms with van der Waals surface area (Å²) in [6.07, 6.45) is 4.57. The van der Waals surface area contributed by atoms with Gasteiger partial charge in [-0.2, -0.15) is 0 Å². The molecular formula is C10H19NO. The minimum atomic E-state index is 0.133. The summed E-state index contributed by atoms with van der Waals surface area (Å²) in [5.74, 6) is 1.57. The Morgan fingerprint density at radius 3 is 2.67 bits per heavy atom. The first-order valence-electron chi connectivity index (χ1n) is 4.91. The normalized spacial score (nSPS) is 30.6. The zero-order chi connectivity index (χ0) is 8.97. The van der Waals surface area contributed by atoms with Crippen molar-refractivity contribution in [2.75, 3.05) is 6.54 Å². The summed E-state index contributed by atoms with van der Waals surface area (Å²) in [6, 6.07) is 0.133. The highest BCUT2D eigenvalue weighted by Crippen LogP contribution is 2.20. The van der Waals surface area contributed by atoms with Crippen LogP contribution in [-0.4, -0.2) is 18.9 Å². The molecule has 0 spiro atoms. The van der Waals surface area contributed by atoms with E-state index in [4.69, 9.17) is 0 Å². The fourth-order valence-electron chi connectivity index (χ4n) is 1.92. The Hall–Kier alpha value is -0.370. The predicted molar refractivity (Wildman–Crippen MR) is 50.0 cm³/mol. The molecule has 70 valence electrons. The molecule has 0 aromatic heterocycles. The predicted octanol–water partition coefficient (Wildman–Crippen LogP) is 1.60. The molecule has 0 amide bonds. The second-order valence-corrected chi connectivity index (χ2v) is 4.22. The van der Waals surface area contributed by atoms with Gasteiger partial charge in [0.2, 0.25) is 0 Å². The quantitative estimate of drug-likeness (QED) is 0.650. The van der Waals surface area contributed by atoms with Crippen molar-refractivity contribution in [2.24, 2.45) is 11.8 Å². The Morgan fingerprint density at radius 2 is 2.25 bits per heavy atom. The third kappa shape index (κ3) is 2.94. The summed E-state index contributed by atoms with van der Waals surface area (Å²) >= 11 is 0. The first-order chi connectivity index (χ1) is 5.72. The number of rotatable bonds is 3. The lowest BCUT2D eigenvalue weighted by Gasteiger charge is -2.27. The minimum Gasteiger partial charge on any atom is -0.307 e. The monoisotopic (exact) mass is 169 g/mol. The maximum absolute atomic E-state index is 10.4. The highest BCUT2D eigenvalue weighted by Gasteiger charge is 2.20. The second kappa shape index (κ2) is 4.61. The largest absolute Gasteiger partial charge is 0.307 e. The van der Waals surface area contributed by atoms with Crippen molar-refractivity contribution in [2.45, 2.75) is 39.2 Å². The molecule has 0 aliphatic carbocycles. The molecule has 2 atom stereocenters. The van der Waals surface area contributed by atoms with E-state index in [2.05, 4.69) is 19.2 Å². The number of piperidine rings is 1. The molecule has 2 heteroatoms. The van der Waals surface area contributed by atoms with E-state index in [9.17, 15) is 4.79 Å². The molecule has 1 heterocycles. The van der Waals surface area contributed by atoms with Crippen molar-refractivity contribution in [3.05, 3.63) is 0 Å². The van der Waals surface area contributed by atoms with Crippen molar-refractivity contribution in [1.29, 1.82) is 0 Å². The zero-order valence-electron chi connectivity index (χ0n) is 8.05. The zero-order valence-corrected chi connectivity index (χ0v) is 8.05. The van der Waals surface area contributed by atoms with Crippen molar-refractivity contribution in [3.8, 4) is 0 Å². The standard InChI is InChI=1S/C10H19NO/c1-8(2)5-9-3-4-10(7-12)11-6-9/h7-11H,3-6H2,1-2H3. The van der Waals surface area contributed by atoms with Gasteiger partial charge in [-0.25, -0.2) is 0 Å². The van der Waals surface area contributed by atoms with E-state index < -0.39 is 0 Å². The van der Waals surface area contributed by atoms with Crippen LogP contribution in [0.2, 0.25) is 0 Å². The number of nitrogens with one attached hydrogen (secondary N) is 1. The maximum atomic E-state index is 10.4. The summed E-state index contributed by atoms with van der Waals surface area (Å²) in [6.45, 7) is 5.54. The fourth-order valence-corrected chi connectivity index (χ4v) is 1.92. The Labute approximate surface area is 74.7 Å². The van der Waals surface area contributed by atoms with Crippen LogP contribution in [0.3, 0.4) is 0 Å². The molecule has 1 fully saturated rings. The highest BCUT2D eigenvalue weighted by atomic mass is 16.1. The van der Waals surface area contributed by atoms with Gasteiger partial charge in [0.15, 0.2) is 0 Å². The van der Waals surface area contributed by atoms with E-state index in [1.165, 1.54) is 12.8 Å². The van der Waals surface area contributed by atoms with Crippen molar-refractivity contribution in [3.63, 3.8) is 0 Å². The van der Waals surface area contributed by atoms with Crippen molar-refractivity contribution >= 4 is 6.29 Å². The average molecular weight is 169 g/mol. The molecule has 1 aliphatic rings. The van der Waals surface area contributed by atoms with E-state index in [1.54, 1.807) is 0 Å². The molecule has 2 nitrogen and oxygen atoms in total. The van der Waals surface area contributed by atoms with Crippen LogP contribution >= 0.6 is 0 Å². The Balaban J connectivity index is 2.21. The first kappa shape index (κ1) is 9.72. The first-order valence-corrected chi connectivity index (χ1v) is 4.91. The average Bonchev–Trinajstić information content (AvgIpc) is 2.05. The van der Waals surface area contributed by atoms with Crippen molar-refractivity contribution in [1.82, 2.24) is 5.32 Å². The number of carbonyl (C=O) groups is 1. The molecule has 0 aromatic rings. The Bertz CT molecular complexity index is 137. The van der Waals surface area contributed by atoms with Crippen LogP contribution in [-0.2, 0) is 4.79 Å². The van der Waals surface area contributed by atoms with Crippen LogP contribution in [0.4, 0.5) is 0 Å². The van der Waals surface area contributed by atoms with Crippen LogP contribution in [0.5, 0.6) is 0 Å². The molecule has 0 bridgehead atoms. The number of carbonyl (C=O) groups excluding carboxylic acids is 1. The second-order valence-electron chi connectivity index (χ2n) is 4.22. The molecule has 1 rings (SSSR count). The van der Waals surface area contributed by atoms with Crippen LogP contribution in [0, 0.1) is 11.8 Å². The van der Waals surface area contributed by atoms with Crippen molar-refractivity contribution < 1.29 is 4.79 Å².